The first-order valence-electron chi connectivity index (χ1n) is 5.52. The normalized spacial score (nSPS) is 13.4. The van der Waals surface area contributed by atoms with Crippen molar-refractivity contribution >= 4 is 18.9 Å². The molecule has 0 unspecified atom stereocenters. The smallest absolute Gasteiger partial charge is 0.323 e. The van der Waals surface area contributed by atoms with Crippen LogP contribution in [0, 0.1) is 5.82 Å². The van der Waals surface area contributed by atoms with Crippen LogP contribution in [0.25, 0.3) is 0 Å². The van der Waals surface area contributed by atoms with E-state index in [2.05, 4.69) is 5.32 Å². The van der Waals surface area contributed by atoms with Gasteiger partial charge < -0.3 is 9.79 Å². The Hall–Kier alpha value is -1.04. The fraction of sp³-hybridized carbons (Fsp3) is 0.167. The number of nitrogens with one attached hydrogen (secondary N) is 1. The van der Waals surface area contributed by atoms with Gasteiger partial charge >= 0.3 is 7.60 Å². The largest absolute Gasteiger partial charge is 0.346 e. The van der Waals surface area contributed by atoms with Gasteiger partial charge in [0.2, 0.25) is 0 Å². The summed E-state index contributed by atoms with van der Waals surface area (Å²) in [6, 6.07) is 7.45. The van der Waals surface area contributed by atoms with E-state index in [0.717, 1.165) is 5.56 Å². The Morgan fingerprint density at radius 2 is 1.95 bits per heavy atom. The van der Waals surface area contributed by atoms with E-state index in [1.54, 1.807) is 29.0 Å². The maximum absolute atomic E-state index is 12.8. The van der Waals surface area contributed by atoms with Crippen molar-refractivity contribution in [1.82, 2.24) is 5.32 Å². The van der Waals surface area contributed by atoms with Crippen molar-refractivity contribution in [3.63, 3.8) is 0 Å². The molecule has 2 rings (SSSR count). The Kier molecular flexibility index (Phi) is 4.50. The second-order valence-corrected chi connectivity index (χ2v) is 6.53. The molecule has 0 aliphatic heterocycles. The molecule has 4 nitrogen and oxygen atoms in total. The highest BCUT2D eigenvalue weighted by molar-refractivity contribution is 7.52. The number of halogens is 1. The predicted octanol–water partition coefficient (Wildman–Crippen LogP) is 2.85. The van der Waals surface area contributed by atoms with Crippen LogP contribution in [0.4, 0.5) is 4.39 Å². The first-order valence-corrected chi connectivity index (χ1v) is 8.14. The summed E-state index contributed by atoms with van der Waals surface area (Å²) in [6.07, 6.45) is 0. The van der Waals surface area contributed by atoms with E-state index in [0.29, 0.717) is 5.56 Å². The van der Waals surface area contributed by atoms with Crippen LogP contribution in [0.3, 0.4) is 0 Å². The Labute approximate surface area is 114 Å². The first-order chi connectivity index (χ1) is 8.97. The quantitative estimate of drug-likeness (QED) is 0.743. The van der Waals surface area contributed by atoms with E-state index < -0.39 is 13.4 Å². The lowest BCUT2D eigenvalue weighted by Crippen LogP contribution is -2.20. The molecule has 0 amide bonds. The van der Waals surface area contributed by atoms with Gasteiger partial charge in [0.25, 0.3) is 0 Å². The maximum atomic E-state index is 12.8. The molecule has 3 N–H and O–H groups in total. The third-order valence-corrected chi connectivity index (χ3v) is 4.46. The van der Waals surface area contributed by atoms with E-state index in [1.807, 2.05) is 0 Å². The van der Waals surface area contributed by atoms with Gasteiger partial charge in [-0.3, -0.25) is 9.88 Å². The lowest BCUT2D eigenvalue weighted by atomic mass is 10.2. The molecule has 0 saturated heterocycles. The van der Waals surface area contributed by atoms with Crippen molar-refractivity contribution in [2.45, 2.75) is 12.3 Å². The van der Waals surface area contributed by atoms with Crippen molar-refractivity contribution in [1.29, 1.82) is 0 Å². The van der Waals surface area contributed by atoms with Crippen molar-refractivity contribution in [2.75, 3.05) is 0 Å². The number of rotatable bonds is 5. The van der Waals surface area contributed by atoms with Crippen LogP contribution in [0.5, 0.6) is 0 Å². The second-order valence-electron chi connectivity index (χ2n) is 4.06. The molecule has 0 saturated carbocycles. The third kappa shape index (κ3) is 3.96. The second kappa shape index (κ2) is 5.94. The zero-order valence-corrected chi connectivity index (χ0v) is 11.6. The molecule has 0 aliphatic rings. The summed E-state index contributed by atoms with van der Waals surface area (Å²) in [4.78, 5) is 18.7. The van der Waals surface area contributed by atoms with Crippen molar-refractivity contribution < 1.29 is 18.7 Å². The summed E-state index contributed by atoms with van der Waals surface area (Å²) in [7, 11) is -4.29. The molecule has 1 aromatic carbocycles. The third-order valence-electron chi connectivity index (χ3n) is 2.61. The number of hydrogen-bond donors (Lipinski definition) is 3. The molecule has 1 aromatic heterocycles. The molecule has 0 fully saturated rings. The standard InChI is InChI=1S/C12H13FNO3PS/c13-11-3-1-9(2-4-11)7-14-12(18(15,16)17)10-5-6-19-8-10/h1-6,8,12,14H,7H2,(H2,15,16,17)/t12-/m1/s1. The van der Waals surface area contributed by atoms with Crippen LogP contribution >= 0.6 is 18.9 Å². The molecule has 19 heavy (non-hydrogen) atoms. The topological polar surface area (TPSA) is 69.6 Å². The molecule has 0 spiro atoms. The van der Waals surface area contributed by atoms with E-state index in [4.69, 9.17) is 0 Å². The molecule has 0 aliphatic carbocycles. The Morgan fingerprint density at radius 3 is 2.47 bits per heavy atom. The average Bonchev–Trinajstić information content (AvgIpc) is 2.83. The van der Waals surface area contributed by atoms with Gasteiger partial charge in [-0.05, 0) is 40.1 Å². The average molecular weight is 301 g/mol. The van der Waals surface area contributed by atoms with Gasteiger partial charge in [0, 0.05) is 6.54 Å². The van der Waals surface area contributed by atoms with Gasteiger partial charge in [-0.25, -0.2) is 4.39 Å². The summed E-state index contributed by atoms with van der Waals surface area (Å²) in [5, 5.41) is 6.28. The van der Waals surface area contributed by atoms with E-state index in [-0.39, 0.29) is 12.4 Å². The summed E-state index contributed by atoms with van der Waals surface area (Å²) < 4.78 is 24.2. The van der Waals surface area contributed by atoms with Gasteiger partial charge in [-0.2, -0.15) is 11.3 Å². The van der Waals surface area contributed by atoms with Crippen LogP contribution in [-0.4, -0.2) is 9.79 Å². The SMILES string of the molecule is O=P(O)(O)[C@@H](NCc1ccc(F)cc1)c1ccsc1. The molecular formula is C12H13FNO3PS. The molecule has 7 heteroatoms. The van der Waals surface area contributed by atoms with Crippen LogP contribution < -0.4 is 5.32 Å². The summed E-state index contributed by atoms with van der Waals surface area (Å²) in [5.41, 5.74) is 1.32. The summed E-state index contributed by atoms with van der Waals surface area (Å²) in [5.74, 6) is -1.38. The van der Waals surface area contributed by atoms with Gasteiger partial charge in [0.05, 0.1) is 0 Å². The van der Waals surface area contributed by atoms with Gasteiger partial charge in [-0.15, -0.1) is 0 Å². The van der Waals surface area contributed by atoms with Crippen molar-refractivity contribution in [3.8, 4) is 0 Å². The van der Waals surface area contributed by atoms with Crippen LogP contribution in [0.15, 0.2) is 41.1 Å². The fourth-order valence-electron chi connectivity index (χ4n) is 1.68. The molecule has 1 atom stereocenters. The van der Waals surface area contributed by atoms with Crippen LogP contribution in [0.2, 0.25) is 0 Å². The minimum absolute atomic E-state index is 0.256. The molecule has 0 bridgehead atoms. The molecule has 1 heterocycles. The minimum atomic E-state index is -4.29. The van der Waals surface area contributed by atoms with Crippen molar-refractivity contribution in [3.05, 3.63) is 58.0 Å². The lowest BCUT2D eigenvalue weighted by Gasteiger charge is -2.19. The number of hydrogen-bond acceptors (Lipinski definition) is 3. The molecule has 0 radical (unpaired) electrons. The Bertz CT molecular complexity index is 567. The maximum Gasteiger partial charge on any atom is 0.346 e. The molecular weight excluding hydrogens is 288 g/mol. The van der Waals surface area contributed by atoms with Crippen LogP contribution in [0.1, 0.15) is 16.9 Å². The highest BCUT2D eigenvalue weighted by atomic mass is 32.1. The highest BCUT2D eigenvalue weighted by Crippen LogP contribution is 2.50. The van der Waals surface area contributed by atoms with Gasteiger partial charge in [-0.1, -0.05) is 12.1 Å². The van der Waals surface area contributed by atoms with E-state index in [9.17, 15) is 18.7 Å². The van der Waals surface area contributed by atoms with Gasteiger partial charge in [0.1, 0.15) is 11.6 Å². The molecule has 102 valence electrons. The Morgan fingerprint density at radius 1 is 1.26 bits per heavy atom. The van der Waals surface area contributed by atoms with Crippen molar-refractivity contribution in [2.24, 2.45) is 0 Å². The number of benzene rings is 1. The van der Waals surface area contributed by atoms with Crippen LogP contribution in [-0.2, 0) is 11.1 Å². The summed E-state index contributed by atoms with van der Waals surface area (Å²) in [6.45, 7) is 0.256. The first kappa shape index (κ1) is 14.4. The Balaban J connectivity index is 2.10. The zero-order valence-electron chi connectivity index (χ0n) is 9.86. The number of thiophene rings is 1. The van der Waals surface area contributed by atoms with Gasteiger partial charge in [0.15, 0.2) is 0 Å². The van der Waals surface area contributed by atoms with E-state index >= 15 is 0 Å². The fourth-order valence-corrected chi connectivity index (χ4v) is 3.34. The predicted molar refractivity (Wildman–Crippen MR) is 72.3 cm³/mol. The monoisotopic (exact) mass is 301 g/mol. The lowest BCUT2D eigenvalue weighted by molar-refractivity contribution is 0.347. The van der Waals surface area contributed by atoms with E-state index in [1.165, 1.54) is 23.5 Å². The minimum Gasteiger partial charge on any atom is -0.323 e. The summed E-state index contributed by atoms with van der Waals surface area (Å²) >= 11 is 1.37. The molecule has 2 aromatic rings. The highest BCUT2D eigenvalue weighted by Gasteiger charge is 2.30. The zero-order chi connectivity index (χ0) is 13.9.